The Morgan fingerprint density at radius 2 is 1.90 bits per heavy atom. The molecule has 6 rings (SSSR count). The molecule has 0 bridgehead atoms. The van der Waals surface area contributed by atoms with Crippen LogP contribution in [0.3, 0.4) is 0 Å². The summed E-state index contributed by atoms with van der Waals surface area (Å²) in [5, 5.41) is 6.23. The van der Waals surface area contributed by atoms with Gasteiger partial charge in [0.15, 0.2) is 22.9 Å². The quantitative estimate of drug-likeness (QED) is 0.399. The van der Waals surface area contributed by atoms with Crippen molar-refractivity contribution in [1.29, 1.82) is 0 Å². The number of carbonyl (C=O) groups excluding carboxylic acids is 3. The molecular formula is C31H33F2N3O6. The highest BCUT2D eigenvalue weighted by molar-refractivity contribution is 6.06. The van der Waals surface area contributed by atoms with Crippen LogP contribution < -0.4 is 20.1 Å². The summed E-state index contributed by atoms with van der Waals surface area (Å²) in [7, 11) is 1.32. The first-order valence-corrected chi connectivity index (χ1v) is 14.2. The summed E-state index contributed by atoms with van der Waals surface area (Å²) in [5.74, 6) is -3.08. The number of benzene rings is 2. The standard InChI is InChI=1S/C31H33F2N3O6/c1-30(11-4-12-30)35-27(37)18-7-8-19-23(13-18)42-26-25(19)41-16-31(2,36(28(26)38)15-17-5-6-17)29(39)34-14-20-22(40-3)10-9-21(32)24(20)33/h7-10,13,17H,4-6,11-12,14-16H2,1-3H3,(H,34,39)(H,35,37). The summed E-state index contributed by atoms with van der Waals surface area (Å²) >= 11 is 0. The molecule has 1 atom stereocenters. The van der Waals surface area contributed by atoms with Crippen molar-refractivity contribution in [2.24, 2.45) is 5.92 Å². The van der Waals surface area contributed by atoms with Gasteiger partial charge in [-0.2, -0.15) is 0 Å². The maximum atomic E-state index is 14.6. The van der Waals surface area contributed by atoms with E-state index in [2.05, 4.69) is 10.6 Å². The largest absolute Gasteiger partial charge is 0.496 e. The Morgan fingerprint density at radius 1 is 1.14 bits per heavy atom. The van der Waals surface area contributed by atoms with Crippen molar-refractivity contribution in [3.8, 4) is 11.5 Å². The van der Waals surface area contributed by atoms with E-state index >= 15 is 0 Å². The molecular weight excluding hydrogens is 548 g/mol. The topological polar surface area (TPSA) is 110 Å². The zero-order valence-corrected chi connectivity index (χ0v) is 23.8. The van der Waals surface area contributed by atoms with E-state index in [1.54, 1.807) is 25.1 Å². The summed E-state index contributed by atoms with van der Waals surface area (Å²) in [6.07, 6.45) is 4.75. The molecule has 1 aliphatic heterocycles. The lowest BCUT2D eigenvalue weighted by molar-refractivity contribution is -0.133. The summed E-state index contributed by atoms with van der Waals surface area (Å²) in [6.45, 7) is 3.33. The Kier molecular flexibility index (Phi) is 6.86. The lowest BCUT2D eigenvalue weighted by atomic mass is 9.78. The minimum Gasteiger partial charge on any atom is -0.496 e. The minimum atomic E-state index is -1.48. The molecule has 222 valence electrons. The number of halogens is 2. The van der Waals surface area contributed by atoms with Gasteiger partial charge in [0.2, 0.25) is 11.7 Å². The number of fused-ring (bicyclic) bond motifs is 3. The van der Waals surface area contributed by atoms with E-state index in [1.807, 2.05) is 6.92 Å². The number of amides is 3. The van der Waals surface area contributed by atoms with Gasteiger partial charge in [-0.1, -0.05) is 0 Å². The Bertz CT molecular complexity index is 1590. The first-order valence-electron chi connectivity index (χ1n) is 14.2. The normalized spacial score (nSPS) is 21.2. The van der Waals surface area contributed by atoms with Crippen molar-refractivity contribution in [2.45, 2.75) is 63.6 Å². The molecule has 0 radical (unpaired) electrons. The van der Waals surface area contributed by atoms with E-state index in [-0.39, 0.29) is 53.3 Å². The van der Waals surface area contributed by atoms with Gasteiger partial charge >= 0.3 is 0 Å². The predicted octanol–water partition coefficient (Wildman–Crippen LogP) is 4.71. The van der Waals surface area contributed by atoms with Crippen molar-refractivity contribution in [3.63, 3.8) is 0 Å². The van der Waals surface area contributed by atoms with Crippen molar-refractivity contribution >= 4 is 28.7 Å². The highest BCUT2D eigenvalue weighted by Crippen LogP contribution is 2.41. The molecule has 42 heavy (non-hydrogen) atoms. The molecule has 3 aliphatic rings. The van der Waals surface area contributed by atoms with Crippen LogP contribution in [-0.2, 0) is 11.3 Å². The van der Waals surface area contributed by atoms with E-state index in [9.17, 15) is 23.2 Å². The highest BCUT2D eigenvalue weighted by Gasteiger charge is 2.49. The summed E-state index contributed by atoms with van der Waals surface area (Å²) in [6, 6.07) is 7.16. The van der Waals surface area contributed by atoms with Gasteiger partial charge in [-0.25, -0.2) is 8.78 Å². The molecule has 2 saturated carbocycles. The molecule has 1 unspecified atom stereocenters. The van der Waals surface area contributed by atoms with Crippen LogP contribution in [0.1, 0.15) is 72.4 Å². The average molecular weight is 582 g/mol. The summed E-state index contributed by atoms with van der Waals surface area (Å²) in [5.41, 5.74) is -1.11. The Labute approximate surface area is 241 Å². The smallest absolute Gasteiger partial charge is 0.294 e. The van der Waals surface area contributed by atoms with Crippen LogP contribution in [-0.4, -0.2) is 54.0 Å². The van der Waals surface area contributed by atoms with Gasteiger partial charge in [-0.05, 0) is 82.2 Å². The molecule has 9 nitrogen and oxygen atoms in total. The van der Waals surface area contributed by atoms with Crippen LogP contribution in [0.4, 0.5) is 8.78 Å². The highest BCUT2D eigenvalue weighted by atomic mass is 19.2. The number of ether oxygens (including phenoxy) is 2. The average Bonchev–Trinajstić information content (AvgIpc) is 3.73. The molecule has 2 N–H and O–H groups in total. The second-order valence-electron chi connectivity index (χ2n) is 12.0. The van der Waals surface area contributed by atoms with Gasteiger partial charge in [0, 0.05) is 24.2 Å². The Balaban J connectivity index is 1.28. The van der Waals surface area contributed by atoms with Gasteiger partial charge < -0.3 is 29.4 Å². The molecule has 11 heteroatoms. The van der Waals surface area contributed by atoms with Crippen molar-refractivity contribution in [1.82, 2.24) is 15.5 Å². The van der Waals surface area contributed by atoms with Gasteiger partial charge in [0.25, 0.3) is 11.8 Å². The van der Waals surface area contributed by atoms with E-state index in [0.717, 1.165) is 38.2 Å². The monoisotopic (exact) mass is 581 g/mol. The maximum Gasteiger partial charge on any atom is 0.294 e. The van der Waals surface area contributed by atoms with Crippen molar-refractivity contribution < 1.29 is 37.1 Å². The third-order valence-electron chi connectivity index (χ3n) is 8.74. The van der Waals surface area contributed by atoms with Crippen LogP contribution in [0.15, 0.2) is 34.7 Å². The lowest BCUT2D eigenvalue weighted by Gasteiger charge is -2.39. The number of hydrogen-bond acceptors (Lipinski definition) is 6. The number of hydrogen-bond donors (Lipinski definition) is 2. The number of furan rings is 1. The summed E-state index contributed by atoms with van der Waals surface area (Å²) in [4.78, 5) is 42.0. The number of rotatable bonds is 8. The first-order chi connectivity index (χ1) is 20.0. The summed E-state index contributed by atoms with van der Waals surface area (Å²) < 4.78 is 45.7. The first kappa shape index (κ1) is 28.0. The van der Waals surface area contributed by atoms with Gasteiger partial charge in [-0.3, -0.25) is 14.4 Å². The molecule has 2 aliphatic carbocycles. The second kappa shape index (κ2) is 10.3. The number of nitrogens with one attached hydrogen (secondary N) is 2. The maximum absolute atomic E-state index is 14.6. The second-order valence-corrected chi connectivity index (χ2v) is 12.0. The Hall–Kier alpha value is -4.15. The SMILES string of the molecule is COc1ccc(F)c(F)c1CNC(=O)C1(C)COc2c(oc3cc(C(=O)NC4(C)CCC4)ccc23)C(=O)N1CC1CC1. The molecule has 1 aromatic heterocycles. The molecule has 0 spiro atoms. The molecule has 2 fully saturated rings. The third kappa shape index (κ3) is 4.84. The predicted molar refractivity (Wildman–Crippen MR) is 148 cm³/mol. The third-order valence-corrected chi connectivity index (χ3v) is 8.74. The van der Waals surface area contributed by atoms with Gasteiger partial charge in [-0.15, -0.1) is 0 Å². The van der Waals surface area contributed by atoms with Gasteiger partial charge in [0.05, 0.1) is 18.1 Å². The van der Waals surface area contributed by atoms with Crippen LogP contribution in [0.5, 0.6) is 11.5 Å². The number of nitrogens with zero attached hydrogens (tertiary/aromatic N) is 1. The fourth-order valence-corrected chi connectivity index (χ4v) is 5.64. The molecule has 3 aromatic rings. The molecule has 2 aromatic carbocycles. The Morgan fingerprint density at radius 3 is 2.57 bits per heavy atom. The van der Waals surface area contributed by atoms with Gasteiger partial charge in [0.1, 0.15) is 17.9 Å². The van der Waals surface area contributed by atoms with E-state index in [4.69, 9.17) is 13.9 Å². The van der Waals surface area contributed by atoms with Crippen LogP contribution >= 0.6 is 0 Å². The minimum absolute atomic E-state index is 0.0523. The number of carbonyl (C=O) groups is 3. The fraction of sp³-hybridized carbons (Fsp3) is 0.452. The zero-order valence-electron chi connectivity index (χ0n) is 23.8. The van der Waals surface area contributed by atoms with E-state index in [0.29, 0.717) is 23.1 Å². The zero-order chi connectivity index (χ0) is 29.8. The van der Waals surface area contributed by atoms with E-state index in [1.165, 1.54) is 18.1 Å². The molecule has 0 saturated heterocycles. The van der Waals surface area contributed by atoms with Crippen LogP contribution in [0.2, 0.25) is 0 Å². The van der Waals surface area contributed by atoms with Crippen LogP contribution in [0.25, 0.3) is 11.0 Å². The van der Waals surface area contributed by atoms with Crippen molar-refractivity contribution in [2.75, 3.05) is 20.3 Å². The van der Waals surface area contributed by atoms with Crippen LogP contribution in [0, 0.1) is 17.6 Å². The lowest BCUT2D eigenvalue weighted by Crippen LogP contribution is -2.61. The number of methoxy groups -OCH3 is 1. The molecule has 3 amide bonds. The van der Waals surface area contributed by atoms with E-state index < -0.39 is 29.0 Å². The fourth-order valence-electron chi connectivity index (χ4n) is 5.64. The van der Waals surface area contributed by atoms with Crippen molar-refractivity contribution in [3.05, 3.63) is 58.9 Å². The molecule has 2 heterocycles.